The van der Waals surface area contributed by atoms with Crippen molar-refractivity contribution in [2.75, 3.05) is 0 Å². The Bertz CT molecular complexity index is 1430. The topological polar surface area (TPSA) is 37.3 Å². The average Bonchev–Trinajstić information content (AvgIpc) is 3.05. The maximum absolute atomic E-state index is 12.4. The van der Waals surface area contributed by atoms with Gasteiger partial charge in [-0.2, -0.15) is 0 Å². The number of rotatable bonds is 7. The van der Waals surface area contributed by atoms with E-state index in [0.717, 1.165) is 16.7 Å². The zero-order chi connectivity index (χ0) is 28.3. The molecule has 1 N–H and O–H groups in total. The van der Waals surface area contributed by atoms with Crippen LogP contribution in [-0.2, 0) is 10.2 Å². The van der Waals surface area contributed by atoms with Crippen LogP contribution in [-0.4, -0.2) is 11.1 Å². The van der Waals surface area contributed by atoms with Crippen LogP contribution in [0.5, 0.6) is 0 Å². The van der Waals surface area contributed by atoms with Crippen LogP contribution in [0.25, 0.3) is 0 Å². The summed E-state index contributed by atoms with van der Waals surface area (Å²) < 4.78 is 0. The smallest absolute Gasteiger partial charge is 0.323 e. The molecule has 0 aliphatic carbocycles. The normalized spacial score (nSPS) is 10.9. The van der Waals surface area contributed by atoms with E-state index in [4.69, 9.17) is 0 Å². The molecule has 200 valence electrons. The van der Waals surface area contributed by atoms with E-state index < -0.39 is 19.3 Å². The van der Waals surface area contributed by atoms with Crippen molar-refractivity contribution in [1.82, 2.24) is 0 Å². The van der Waals surface area contributed by atoms with Gasteiger partial charge >= 0.3 is 5.97 Å². The van der Waals surface area contributed by atoms with Gasteiger partial charge in [0.1, 0.15) is 5.41 Å². The highest BCUT2D eigenvalue weighted by Gasteiger charge is 2.43. The minimum Gasteiger partial charge on any atom is -0.480 e. The SMILES string of the molecule is O=C(O)C(c1ccccc1)(c1ccccc1)c1ccccc1.c1ccc(P(c2ccccc2)c2ccccc2)cc1. The van der Waals surface area contributed by atoms with Crippen molar-refractivity contribution in [3.05, 3.63) is 199 Å². The van der Waals surface area contributed by atoms with Gasteiger partial charge in [-0.05, 0) is 40.5 Å². The van der Waals surface area contributed by atoms with E-state index in [1.54, 1.807) is 0 Å². The highest BCUT2D eigenvalue weighted by molar-refractivity contribution is 7.79. The first-order chi connectivity index (χ1) is 20.2. The predicted octanol–water partition coefficient (Wildman–Crippen LogP) is 7.55. The third-order valence-corrected chi connectivity index (χ3v) is 9.43. The molecule has 3 heteroatoms. The van der Waals surface area contributed by atoms with Gasteiger partial charge < -0.3 is 5.11 Å². The molecule has 0 radical (unpaired) electrons. The Morgan fingerprint density at radius 2 is 0.610 bits per heavy atom. The molecule has 0 fully saturated rings. The molecule has 41 heavy (non-hydrogen) atoms. The van der Waals surface area contributed by atoms with Crippen LogP contribution < -0.4 is 15.9 Å². The Labute approximate surface area is 243 Å². The summed E-state index contributed by atoms with van der Waals surface area (Å²) in [6.45, 7) is 0. The second kappa shape index (κ2) is 13.5. The molecule has 6 aromatic rings. The van der Waals surface area contributed by atoms with Gasteiger partial charge in [-0.1, -0.05) is 182 Å². The lowest BCUT2D eigenvalue weighted by atomic mass is 9.69. The molecular formula is C38H31O2P. The van der Waals surface area contributed by atoms with Gasteiger partial charge in [0.25, 0.3) is 0 Å². The Morgan fingerprint density at radius 3 is 0.829 bits per heavy atom. The van der Waals surface area contributed by atoms with Crippen LogP contribution in [0.15, 0.2) is 182 Å². The lowest BCUT2D eigenvalue weighted by molar-refractivity contribution is -0.140. The second-order valence-electron chi connectivity index (χ2n) is 9.50. The van der Waals surface area contributed by atoms with Crippen molar-refractivity contribution in [2.24, 2.45) is 0 Å². The van der Waals surface area contributed by atoms with Crippen molar-refractivity contribution in [3.63, 3.8) is 0 Å². The summed E-state index contributed by atoms with van der Waals surface area (Å²) in [4.78, 5) is 12.4. The largest absolute Gasteiger partial charge is 0.480 e. The molecule has 0 atom stereocenters. The fourth-order valence-electron chi connectivity index (χ4n) is 5.11. The van der Waals surface area contributed by atoms with Crippen LogP contribution in [0.1, 0.15) is 16.7 Å². The quantitative estimate of drug-likeness (QED) is 0.165. The first-order valence-corrected chi connectivity index (χ1v) is 14.9. The first kappa shape index (κ1) is 27.8. The molecule has 0 heterocycles. The summed E-state index contributed by atoms with van der Waals surface area (Å²) in [6, 6.07) is 60.5. The van der Waals surface area contributed by atoms with E-state index in [-0.39, 0.29) is 0 Å². The van der Waals surface area contributed by atoms with E-state index in [0.29, 0.717) is 0 Å². The number of carboxylic acids is 1. The molecule has 0 spiro atoms. The molecule has 0 aromatic heterocycles. The van der Waals surface area contributed by atoms with Gasteiger partial charge in [-0.15, -0.1) is 0 Å². The highest BCUT2D eigenvalue weighted by atomic mass is 31.1. The molecule has 0 saturated carbocycles. The van der Waals surface area contributed by atoms with Crippen molar-refractivity contribution in [3.8, 4) is 0 Å². The molecule has 0 unspecified atom stereocenters. The first-order valence-electron chi connectivity index (χ1n) is 13.6. The second-order valence-corrected chi connectivity index (χ2v) is 11.7. The van der Waals surface area contributed by atoms with Gasteiger partial charge in [0.2, 0.25) is 0 Å². The summed E-state index contributed by atoms with van der Waals surface area (Å²) in [5.74, 6) is -0.879. The van der Waals surface area contributed by atoms with Crippen LogP contribution in [0.3, 0.4) is 0 Å². The molecule has 0 amide bonds. The summed E-state index contributed by atoms with van der Waals surface area (Å²) in [7, 11) is -0.446. The number of carboxylic acid groups (broad SMARTS) is 1. The zero-order valence-electron chi connectivity index (χ0n) is 22.6. The van der Waals surface area contributed by atoms with E-state index in [1.165, 1.54) is 15.9 Å². The fourth-order valence-corrected chi connectivity index (χ4v) is 7.42. The van der Waals surface area contributed by atoms with Crippen molar-refractivity contribution >= 4 is 29.8 Å². The number of carbonyl (C=O) groups is 1. The summed E-state index contributed by atoms with van der Waals surface area (Å²) in [6.07, 6.45) is 0. The van der Waals surface area contributed by atoms with Crippen LogP contribution >= 0.6 is 7.92 Å². The molecule has 6 rings (SSSR count). The van der Waals surface area contributed by atoms with Gasteiger partial charge in [0, 0.05) is 0 Å². The number of hydrogen-bond donors (Lipinski definition) is 1. The Balaban J connectivity index is 0.000000166. The highest BCUT2D eigenvalue weighted by Crippen LogP contribution is 2.39. The molecule has 0 aliphatic heterocycles. The van der Waals surface area contributed by atoms with Crippen molar-refractivity contribution < 1.29 is 9.90 Å². The fraction of sp³-hybridized carbons (Fsp3) is 0.0263. The summed E-state index contributed by atoms with van der Waals surface area (Å²) >= 11 is 0. The van der Waals surface area contributed by atoms with E-state index in [2.05, 4.69) is 91.0 Å². The van der Waals surface area contributed by atoms with Crippen LogP contribution in [0.4, 0.5) is 0 Å². The maximum atomic E-state index is 12.4. The zero-order valence-corrected chi connectivity index (χ0v) is 23.5. The lowest BCUT2D eigenvalue weighted by Gasteiger charge is -2.31. The maximum Gasteiger partial charge on any atom is 0.323 e. The standard InChI is InChI=1S/C20H16O2.C18H15P/c21-19(22)20(16-10-4-1-5-11-16,17-12-6-2-7-13-17)18-14-8-3-9-15-18;1-4-10-16(11-5-1)19(17-12-6-2-7-13-17)18-14-8-3-9-15-18/h1-15H,(H,21,22);1-15H. The van der Waals surface area contributed by atoms with Crippen molar-refractivity contribution in [2.45, 2.75) is 5.41 Å². The Hall–Kier alpha value is -4.78. The number of benzene rings is 6. The third-order valence-electron chi connectivity index (χ3n) is 6.98. The van der Waals surface area contributed by atoms with Crippen LogP contribution in [0.2, 0.25) is 0 Å². The lowest BCUT2D eigenvalue weighted by Crippen LogP contribution is -2.38. The molecule has 0 bridgehead atoms. The summed E-state index contributed by atoms with van der Waals surface area (Å²) in [5.41, 5.74) is 1.05. The Kier molecular flexibility index (Phi) is 9.16. The Morgan fingerprint density at radius 1 is 0.390 bits per heavy atom. The minimum atomic E-state index is -1.20. The third kappa shape index (κ3) is 6.19. The van der Waals surface area contributed by atoms with Crippen molar-refractivity contribution in [1.29, 1.82) is 0 Å². The van der Waals surface area contributed by atoms with E-state index in [1.807, 2.05) is 91.0 Å². The van der Waals surface area contributed by atoms with Gasteiger partial charge in [0.05, 0.1) is 0 Å². The van der Waals surface area contributed by atoms with Gasteiger partial charge in [-0.3, -0.25) is 4.79 Å². The summed E-state index contributed by atoms with van der Waals surface area (Å²) in [5, 5.41) is 14.4. The minimum absolute atomic E-state index is 0.446. The molecule has 0 saturated heterocycles. The number of hydrogen-bond acceptors (Lipinski definition) is 1. The molecule has 6 aromatic carbocycles. The van der Waals surface area contributed by atoms with E-state index >= 15 is 0 Å². The van der Waals surface area contributed by atoms with Gasteiger partial charge in [-0.25, -0.2) is 0 Å². The molecule has 0 aliphatic rings. The number of aliphatic carboxylic acids is 1. The van der Waals surface area contributed by atoms with Crippen LogP contribution in [0, 0.1) is 0 Å². The average molecular weight is 551 g/mol. The van der Waals surface area contributed by atoms with Gasteiger partial charge in [0.15, 0.2) is 0 Å². The predicted molar refractivity (Wildman–Crippen MR) is 172 cm³/mol. The molecular weight excluding hydrogens is 519 g/mol. The van der Waals surface area contributed by atoms with E-state index in [9.17, 15) is 9.90 Å². The molecule has 2 nitrogen and oxygen atoms in total. The monoisotopic (exact) mass is 550 g/mol.